The maximum atomic E-state index is 14.1. The molecule has 0 radical (unpaired) electrons. The van der Waals surface area contributed by atoms with Crippen LogP contribution in [0.5, 0.6) is 0 Å². The van der Waals surface area contributed by atoms with Crippen molar-refractivity contribution >= 4 is 15.9 Å². The second-order valence-electron chi connectivity index (χ2n) is 11.0. The standard InChI is InChI=1S/C28H36FN5O3S/c1-19-27(20(2)31-18-30-19)28(35)33-16-23-14-32(15-24(23)17-33)10-9-26(22-5-4-6-25(29)13-22)21-7-11-34(12-8-21)38(3,36)37/h4-6,13-14,18,21,24,26H,7-12,15-17H2,1-3H3. The van der Waals surface area contributed by atoms with E-state index in [2.05, 4.69) is 21.1 Å². The molecule has 204 valence electrons. The average molecular weight is 542 g/mol. The molecule has 3 aliphatic heterocycles. The Morgan fingerprint density at radius 3 is 2.47 bits per heavy atom. The van der Waals surface area contributed by atoms with Crippen molar-refractivity contribution in [2.75, 3.05) is 45.5 Å². The van der Waals surface area contributed by atoms with Gasteiger partial charge in [0.15, 0.2) is 0 Å². The maximum absolute atomic E-state index is 14.1. The van der Waals surface area contributed by atoms with Crippen LogP contribution in [0.2, 0.25) is 0 Å². The first-order chi connectivity index (χ1) is 18.1. The van der Waals surface area contributed by atoms with Crippen molar-refractivity contribution in [1.82, 2.24) is 24.1 Å². The Bertz CT molecular complexity index is 1320. The summed E-state index contributed by atoms with van der Waals surface area (Å²) in [6.45, 7) is 7.73. The fourth-order valence-electron chi connectivity index (χ4n) is 6.39. The Morgan fingerprint density at radius 2 is 1.84 bits per heavy atom. The van der Waals surface area contributed by atoms with E-state index in [4.69, 9.17) is 0 Å². The molecule has 38 heavy (non-hydrogen) atoms. The molecule has 0 saturated carbocycles. The van der Waals surface area contributed by atoms with Crippen molar-refractivity contribution < 1.29 is 17.6 Å². The maximum Gasteiger partial charge on any atom is 0.257 e. The van der Waals surface area contributed by atoms with Gasteiger partial charge in [-0.25, -0.2) is 27.1 Å². The first-order valence-electron chi connectivity index (χ1n) is 13.3. The third kappa shape index (κ3) is 5.61. The Kier molecular flexibility index (Phi) is 7.55. The Balaban J connectivity index is 1.24. The number of halogens is 1. The number of carbonyl (C=O) groups excluding carboxylic acids is 1. The van der Waals surface area contributed by atoms with Crippen LogP contribution in [0.3, 0.4) is 0 Å². The molecule has 1 aromatic heterocycles. The largest absolute Gasteiger partial charge is 0.377 e. The van der Waals surface area contributed by atoms with Gasteiger partial charge in [-0.1, -0.05) is 12.1 Å². The first-order valence-corrected chi connectivity index (χ1v) is 15.2. The number of aryl methyl sites for hydroxylation is 2. The van der Waals surface area contributed by atoms with Gasteiger partial charge in [0.2, 0.25) is 10.0 Å². The molecular formula is C28H36FN5O3S. The number of sulfonamides is 1. The second-order valence-corrected chi connectivity index (χ2v) is 12.9. The van der Waals surface area contributed by atoms with Gasteiger partial charge in [-0.3, -0.25) is 4.79 Å². The second kappa shape index (κ2) is 10.7. The van der Waals surface area contributed by atoms with E-state index in [1.165, 1.54) is 24.2 Å². The summed E-state index contributed by atoms with van der Waals surface area (Å²) in [6.07, 6.45) is 7.38. The minimum Gasteiger partial charge on any atom is -0.377 e. The lowest BCUT2D eigenvalue weighted by atomic mass is 9.78. The van der Waals surface area contributed by atoms with Crippen molar-refractivity contribution in [2.24, 2.45) is 11.8 Å². The van der Waals surface area contributed by atoms with Gasteiger partial charge in [0.1, 0.15) is 12.1 Å². The minimum absolute atomic E-state index is 0.00551. The van der Waals surface area contributed by atoms with Gasteiger partial charge in [-0.2, -0.15) is 0 Å². The van der Waals surface area contributed by atoms with E-state index in [0.29, 0.717) is 55.0 Å². The smallest absolute Gasteiger partial charge is 0.257 e. The number of fused-ring (bicyclic) bond motifs is 1. The molecule has 10 heteroatoms. The van der Waals surface area contributed by atoms with E-state index >= 15 is 0 Å². The van der Waals surface area contributed by atoms with Crippen LogP contribution in [0.25, 0.3) is 0 Å². The molecule has 0 spiro atoms. The lowest BCUT2D eigenvalue weighted by Gasteiger charge is -2.36. The number of hydrogen-bond acceptors (Lipinski definition) is 6. The van der Waals surface area contributed by atoms with Crippen LogP contribution in [0.1, 0.15) is 52.5 Å². The van der Waals surface area contributed by atoms with Gasteiger partial charge in [0, 0.05) is 51.4 Å². The van der Waals surface area contributed by atoms with Crippen molar-refractivity contribution in [3.63, 3.8) is 0 Å². The molecule has 1 amide bonds. The zero-order valence-electron chi connectivity index (χ0n) is 22.3. The number of nitrogens with zero attached hydrogens (tertiary/aromatic N) is 5. The molecule has 2 fully saturated rings. The molecule has 2 atom stereocenters. The molecule has 1 aromatic carbocycles. The summed E-state index contributed by atoms with van der Waals surface area (Å²) in [4.78, 5) is 25.8. The highest BCUT2D eigenvalue weighted by atomic mass is 32.2. The van der Waals surface area contributed by atoms with Crippen LogP contribution in [0.15, 0.2) is 42.4 Å². The van der Waals surface area contributed by atoms with Crippen LogP contribution in [0.4, 0.5) is 4.39 Å². The van der Waals surface area contributed by atoms with Gasteiger partial charge in [-0.15, -0.1) is 0 Å². The number of carbonyl (C=O) groups is 1. The van der Waals surface area contributed by atoms with E-state index in [1.54, 1.807) is 16.4 Å². The number of aromatic nitrogens is 2. The Labute approximate surface area is 224 Å². The van der Waals surface area contributed by atoms with Gasteiger partial charge in [0.05, 0.1) is 23.2 Å². The van der Waals surface area contributed by atoms with Crippen LogP contribution in [-0.2, 0) is 10.0 Å². The number of hydrogen-bond donors (Lipinski definition) is 0. The topological polar surface area (TPSA) is 86.7 Å². The van der Waals surface area contributed by atoms with Crippen molar-refractivity contribution in [3.8, 4) is 0 Å². The number of benzene rings is 1. The van der Waals surface area contributed by atoms with Crippen molar-refractivity contribution in [3.05, 3.63) is 70.7 Å². The first kappa shape index (κ1) is 26.7. The number of likely N-dealkylation sites (tertiary alicyclic amines) is 1. The zero-order chi connectivity index (χ0) is 27.0. The van der Waals surface area contributed by atoms with Crippen LogP contribution >= 0.6 is 0 Å². The normalized spacial score (nSPS) is 21.5. The molecule has 2 saturated heterocycles. The molecule has 2 aromatic rings. The SMILES string of the molecule is Cc1ncnc(C)c1C(=O)N1CC2=CN(CCC(c3cccc(F)c3)C3CCN(S(C)(=O)=O)CC3)CC2C1. The quantitative estimate of drug-likeness (QED) is 0.535. The highest BCUT2D eigenvalue weighted by Gasteiger charge is 2.37. The molecule has 5 rings (SSSR count). The van der Waals surface area contributed by atoms with Gasteiger partial charge < -0.3 is 9.80 Å². The fraction of sp³-hybridized carbons (Fsp3) is 0.536. The van der Waals surface area contributed by atoms with E-state index < -0.39 is 10.0 Å². The molecule has 0 bridgehead atoms. The van der Waals surface area contributed by atoms with Gasteiger partial charge in [0.25, 0.3) is 5.91 Å². The minimum atomic E-state index is -3.19. The molecule has 0 N–H and O–H groups in total. The average Bonchev–Trinajstić information content (AvgIpc) is 3.43. The van der Waals surface area contributed by atoms with Crippen LogP contribution in [0, 0.1) is 31.5 Å². The number of piperidine rings is 1. The molecule has 8 nitrogen and oxygen atoms in total. The number of amides is 1. The summed E-state index contributed by atoms with van der Waals surface area (Å²) in [6, 6.07) is 6.86. The summed E-state index contributed by atoms with van der Waals surface area (Å²) in [5, 5.41) is 0. The third-order valence-electron chi connectivity index (χ3n) is 8.41. The lowest BCUT2D eigenvalue weighted by Crippen LogP contribution is -2.39. The van der Waals surface area contributed by atoms with Gasteiger partial charge >= 0.3 is 0 Å². The monoisotopic (exact) mass is 541 g/mol. The summed E-state index contributed by atoms with van der Waals surface area (Å²) in [5.41, 5.74) is 4.28. The van der Waals surface area contributed by atoms with E-state index in [9.17, 15) is 17.6 Å². The fourth-order valence-corrected chi connectivity index (χ4v) is 7.26. The lowest BCUT2D eigenvalue weighted by molar-refractivity contribution is 0.0782. The molecule has 2 unspecified atom stereocenters. The summed E-state index contributed by atoms with van der Waals surface area (Å²) in [7, 11) is -3.19. The van der Waals surface area contributed by atoms with Crippen molar-refractivity contribution in [1.29, 1.82) is 0 Å². The van der Waals surface area contributed by atoms with E-state index in [0.717, 1.165) is 37.9 Å². The van der Waals surface area contributed by atoms with Gasteiger partial charge in [-0.05, 0) is 68.2 Å². The molecule has 4 heterocycles. The summed E-state index contributed by atoms with van der Waals surface area (Å²) < 4.78 is 39.7. The van der Waals surface area contributed by atoms with E-state index in [-0.39, 0.29) is 17.6 Å². The van der Waals surface area contributed by atoms with E-state index in [1.807, 2.05) is 24.8 Å². The third-order valence-corrected chi connectivity index (χ3v) is 9.71. The predicted molar refractivity (Wildman–Crippen MR) is 143 cm³/mol. The molecule has 0 aliphatic carbocycles. The molecular weight excluding hydrogens is 505 g/mol. The Hall–Kier alpha value is -2.85. The highest BCUT2D eigenvalue weighted by molar-refractivity contribution is 7.88. The summed E-state index contributed by atoms with van der Waals surface area (Å²) in [5.74, 6) is 0.535. The highest BCUT2D eigenvalue weighted by Crippen LogP contribution is 2.37. The van der Waals surface area contributed by atoms with Crippen molar-refractivity contribution in [2.45, 2.75) is 39.0 Å². The summed E-state index contributed by atoms with van der Waals surface area (Å²) >= 11 is 0. The Morgan fingerprint density at radius 1 is 1.13 bits per heavy atom. The number of rotatable bonds is 7. The predicted octanol–water partition coefficient (Wildman–Crippen LogP) is 3.35. The molecule has 3 aliphatic rings. The van der Waals surface area contributed by atoms with Crippen LogP contribution < -0.4 is 0 Å². The van der Waals surface area contributed by atoms with Crippen LogP contribution in [-0.4, -0.2) is 83.9 Å². The zero-order valence-corrected chi connectivity index (χ0v) is 23.1.